The Morgan fingerprint density at radius 1 is 1.43 bits per heavy atom. The smallest absolute Gasteiger partial charge is 0.387 e. The summed E-state index contributed by atoms with van der Waals surface area (Å²) in [5, 5.41) is 9.58. The number of hydrogen-bond donors (Lipinski definition) is 2. The van der Waals surface area contributed by atoms with Crippen LogP contribution in [0.25, 0.3) is 0 Å². The van der Waals surface area contributed by atoms with E-state index < -0.39 is 6.61 Å². The van der Waals surface area contributed by atoms with Gasteiger partial charge in [0.2, 0.25) is 0 Å². The minimum Gasteiger partial charge on any atom is -0.435 e. The van der Waals surface area contributed by atoms with E-state index in [4.69, 9.17) is 12.2 Å². The van der Waals surface area contributed by atoms with E-state index >= 15 is 0 Å². The number of H-pyrrole nitrogens is 1. The normalized spacial score (nSPS) is 14.0. The highest BCUT2D eigenvalue weighted by atomic mass is 32.1. The van der Waals surface area contributed by atoms with Crippen LogP contribution in [0.4, 0.5) is 8.78 Å². The quantitative estimate of drug-likeness (QED) is 0.793. The third-order valence-electron chi connectivity index (χ3n) is 3.44. The zero-order chi connectivity index (χ0) is 16.4. The number of aromatic nitrogens is 3. The zero-order valence-corrected chi connectivity index (χ0v) is 12.8. The van der Waals surface area contributed by atoms with Gasteiger partial charge in [0.1, 0.15) is 5.75 Å². The van der Waals surface area contributed by atoms with Crippen molar-refractivity contribution in [3.05, 3.63) is 40.4 Å². The Hall–Kier alpha value is -2.29. The van der Waals surface area contributed by atoms with Crippen LogP contribution in [0.5, 0.6) is 5.75 Å². The van der Waals surface area contributed by atoms with E-state index in [1.165, 1.54) is 24.3 Å². The van der Waals surface area contributed by atoms with E-state index in [0.717, 1.165) is 12.8 Å². The van der Waals surface area contributed by atoms with Crippen molar-refractivity contribution in [2.45, 2.75) is 32.0 Å². The molecule has 0 radical (unpaired) electrons. The van der Waals surface area contributed by atoms with Crippen LogP contribution in [0.15, 0.2) is 24.3 Å². The van der Waals surface area contributed by atoms with E-state index in [1.54, 1.807) is 0 Å². The molecule has 1 saturated carbocycles. The maximum Gasteiger partial charge on any atom is 0.387 e. The highest BCUT2D eigenvalue weighted by molar-refractivity contribution is 7.71. The van der Waals surface area contributed by atoms with Gasteiger partial charge in [0.15, 0.2) is 10.6 Å². The molecule has 3 rings (SSSR count). The lowest BCUT2D eigenvalue weighted by molar-refractivity contribution is -0.0498. The van der Waals surface area contributed by atoms with Gasteiger partial charge in [-0.3, -0.25) is 14.5 Å². The van der Waals surface area contributed by atoms with Gasteiger partial charge in [-0.15, -0.1) is 0 Å². The molecule has 0 spiro atoms. The number of carbonyl (C=O) groups excluding carboxylic acids is 1. The van der Waals surface area contributed by atoms with Crippen molar-refractivity contribution >= 4 is 18.1 Å². The zero-order valence-electron chi connectivity index (χ0n) is 12.0. The summed E-state index contributed by atoms with van der Waals surface area (Å²) >= 11 is 5.17. The lowest BCUT2D eigenvalue weighted by Crippen LogP contribution is -2.24. The van der Waals surface area contributed by atoms with Crippen molar-refractivity contribution in [2.75, 3.05) is 0 Å². The van der Waals surface area contributed by atoms with Crippen LogP contribution < -0.4 is 10.1 Å². The second-order valence-corrected chi connectivity index (χ2v) is 5.52. The molecule has 6 nitrogen and oxygen atoms in total. The van der Waals surface area contributed by atoms with Crippen molar-refractivity contribution < 1.29 is 18.3 Å². The first-order chi connectivity index (χ1) is 11.0. The number of halogens is 2. The van der Waals surface area contributed by atoms with Gasteiger partial charge in [-0.25, -0.2) is 0 Å². The van der Waals surface area contributed by atoms with Crippen molar-refractivity contribution in [1.29, 1.82) is 0 Å². The molecule has 1 fully saturated rings. The molecule has 1 amide bonds. The molecule has 0 aliphatic heterocycles. The number of hydrogen-bond acceptors (Lipinski definition) is 4. The number of benzene rings is 1. The summed E-state index contributed by atoms with van der Waals surface area (Å²) < 4.78 is 30.8. The van der Waals surface area contributed by atoms with E-state index in [1.807, 2.05) is 4.57 Å². The molecule has 1 heterocycles. The molecule has 9 heteroatoms. The first kappa shape index (κ1) is 15.6. The number of amides is 1. The van der Waals surface area contributed by atoms with Crippen LogP contribution in [0.3, 0.4) is 0 Å². The molecule has 122 valence electrons. The summed E-state index contributed by atoms with van der Waals surface area (Å²) in [5.41, 5.74) is 0.346. The highest BCUT2D eigenvalue weighted by Crippen LogP contribution is 2.35. The lowest BCUT2D eigenvalue weighted by atomic mass is 10.2. The number of nitrogens with one attached hydrogen (secondary N) is 2. The molecule has 0 bridgehead atoms. The largest absolute Gasteiger partial charge is 0.435 e. The van der Waals surface area contributed by atoms with Crippen molar-refractivity contribution in [1.82, 2.24) is 20.1 Å². The number of ether oxygens (including phenoxy) is 1. The summed E-state index contributed by atoms with van der Waals surface area (Å²) in [5.74, 6) is 0.347. The fraction of sp³-hybridized carbons (Fsp3) is 0.357. The first-order valence-electron chi connectivity index (χ1n) is 7.03. The Balaban J connectivity index is 1.62. The second kappa shape index (κ2) is 6.45. The SMILES string of the molecule is O=C(NCc1n[nH]c(=S)n1C1CC1)c1ccc(OC(F)F)cc1. The summed E-state index contributed by atoms with van der Waals surface area (Å²) in [6.07, 6.45) is 2.11. The Morgan fingerprint density at radius 2 is 2.13 bits per heavy atom. The average molecular weight is 340 g/mol. The molecule has 1 aliphatic carbocycles. The summed E-state index contributed by atoms with van der Waals surface area (Å²) in [4.78, 5) is 12.1. The van der Waals surface area contributed by atoms with Crippen molar-refractivity contribution in [2.24, 2.45) is 0 Å². The summed E-state index contributed by atoms with van der Waals surface area (Å²) in [6, 6.07) is 5.85. The Kier molecular flexibility index (Phi) is 4.37. The van der Waals surface area contributed by atoms with Crippen LogP contribution in [0.2, 0.25) is 0 Å². The van der Waals surface area contributed by atoms with Crippen LogP contribution >= 0.6 is 12.2 Å². The van der Waals surface area contributed by atoms with Crippen LogP contribution in [0, 0.1) is 4.77 Å². The number of nitrogens with zero attached hydrogens (tertiary/aromatic N) is 2. The van der Waals surface area contributed by atoms with Gasteiger partial charge in [0, 0.05) is 11.6 Å². The molecule has 2 aromatic rings. The van der Waals surface area contributed by atoms with Crippen molar-refractivity contribution in [3.8, 4) is 5.75 Å². The van der Waals surface area contributed by atoms with Gasteiger partial charge < -0.3 is 10.1 Å². The third kappa shape index (κ3) is 3.73. The topological polar surface area (TPSA) is 71.9 Å². The van der Waals surface area contributed by atoms with Crippen LogP contribution in [0.1, 0.15) is 35.1 Å². The number of carbonyl (C=O) groups is 1. The molecule has 23 heavy (non-hydrogen) atoms. The average Bonchev–Trinajstić information content (AvgIpc) is 3.28. The predicted molar refractivity (Wildman–Crippen MR) is 79.9 cm³/mol. The first-order valence-corrected chi connectivity index (χ1v) is 7.44. The van der Waals surface area contributed by atoms with Gasteiger partial charge in [-0.2, -0.15) is 13.9 Å². The molecule has 1 aliphatic rings. The van der Waals surface area contributed by atoms with E-state index in [0.29, 0.717) is 22.2 Å². The minimum atomic E-state index is -2.89. The van der Waals surface area contributed by atoms with Crippen molar-refractivity contribution in [3.63, 3.8) is 0 Å². The molecule has 0 unspecified atom stereocenters. The van der Waals surface area contributed by atoms with E-state index in [-0.39, 0.29) is 18.2 Å². The molecule has 0 atom stereocenters. The number of alkyl halides is 2. The minimum absolute atomic E-state index is 0.00572. The second-order valence-electron chi connectivity index (χ2n) is 5.13. The number of rotatable bonds is 6. The molecule has 1 aromatic heterocycles. The molecular formula is C14H14F2N4O2S. The van der Waals surface area contributed by atoms with Gasteiger partial charge >= 0.3 is 6.61 Å². The highest BCUT2D eigenvalue weighted by Gasteiger charge is 2.27. The Bertz CT molecular complexity index is 753. The molecular weight excluding hydrogens is 326 g/mol. The van der Waals surface area contributed by atoms with Gasteiger partial charge in [0.05, 0.1) is 6.54 Å². The van der Waals surface area contributed by atoms with E-state index in [2.05, 4.69) is 20.3 Å². The monoisotopic (exact) mass is 340 g/mol. The number of aromatic amines is 1. The van der Waals surface area contributed by atoms with E-state index in [9.17, 15) is 13.6 Å². The fourth-order valence-electron chi connectivity index (χ4n) is 2.22. The third-order valence-corrected chi connectivity index (χ3v) is 3.73. The summed E-state index contributed by atoms with van der Waals surface area (Å²) in [6.45, 7) is -2.66. The van der Waals surface area contributed by atoms with Gasteiger partial charge in [-0.05, 0) is 49.3 Å². The van der Waals surface area contributed by atoms with Crippen LogP contribution in [-0.4, -0.2) is 27.3 Å². The van der Waals surface area contributed by atoms with Gasteiger partial charge in [-0.1, -0.05) is 0 Å². The maximum atomic E-state index is 12.1. The van der Waals surface area contributed by atoms with Crippen LogP contribution in [-0.2, 0) is 6.54 Å². The van der Waals surface area contributed by atoms with Gasteiger partial charge in [0.25, 0.3) is 5.91 Å². The Labute approximate surface area is 135 Å². The Morgan fingerprint density at radius 3 is 2.74 bits per heavy atom. The lowest BCUT2D eigenvalue weighted by Gasteiger charge is -2.08. The fourth-order valence-corrected chi connectivity index (χ4v) is 2.52. The molecule has 1 aromatic carbocycles. The predicted octanol–water partition coefficient (Wildman–Crippen LogP) is 2.81. The maximum absolute atomic E-state index is 12.1. The standard InChI is InChI=1S/C14H14F2N4O2S/c15-13(16)22-10-5-1-8(2-6-10)12(21)17-7-11-18-19-14(23)20(11)9-3-4-9/h1-2,5-6,9,13H,3-4,7H2,(H,17,21)(H,19,23). The summed E-state index contributed by atoms with van der Waals surface area (Å²) in [7, 11) is 0. The molecule has 2 N–H and O–H groups in total. The molecule has 0 saturated heterocycles.